The lowest BCUT2D eigenvalue weighted by atomic mass is 10.1. The molecule has 0 aliphatic heterocycles. The molecule has 1 amide bonds. The number of aliphatic carboxylic acids is 1. The summed E-state index contributed by atoms with van der Waals surface area (Å²) in [7, 11) is 0. The summed E-state index contributed by atoms with van der Waals surface area (Å²) < 4.78 is 5.12. The second-order valence-corrected chi connectivity index (χ2v) is 4.77. The van der Waals surface area contributed by atoms with E-state index >= 15 is 0 Å². The zero-order valence-electron chi connectivity index (χ0n) is 10.5. The Bertz CT molecular complexity index is 517. The third-order valence-corrected chi connectivity index (χ3v) is 3.01. The van der Waals surface area contributed by atoms with Crippen molar-refractivity contribution < 1.29 is 24.5 Å². The number of phenolic OH excluding ortho intramolecular Hbond substituents is 1. The van der Waals surface area contributed by atoms with Crippen molar-refractivity contribution in [3.8, 4) is 5.75 Å². The zero-order chi connectivity index (χ0) is 15.1. The normalized spacial score (nSPS) is 11.4. The number of phenols is 1. The molecule has 6 nitrogen and oxygen atoms in total. The minimum atomic E-state index is -1.18. The van der Waals surface area contributed by atoms with E-state index in [1.165, 1.54) is 12.1 Å². The predicted molar refractivity (Wildman–Crippen MR) is 75.6 cm³/mol. The summed E-state index contributed by atoms with van der Waals surface area (Å²) in [5, 5.41) is 20.7. The monoisotopic (exact) mass is 343 g/mol. The van der Waals surface area contributed by atoms with Gasteiger partial charge < -0.3 is 20.3 Å². The molecule has 0 spiro atoms. The van der Waals surface area contributed by atoms with E-state index < -0.39 is 18.1 Å². The number of carbonyl (C=O) groups is 2. The summed E-state index contributed by atoms with van der Waals surface area (Å²) in [6, 6.07) is 3.48. The van der Waals surface area contributed by atoms with Gasteiger partial charge in [0.05, 0.1) is 4.47 Å². The summed E-state index contributed by atoms with van der Waals surface area (Å²) in [4.78, 5) is 22.4. The van der Waals surface area contributed by atoms with Crippen LogP contribution < -0.4 is 5.32 Å². The molecule has 0 saturated heterocycles. The van der Waals surface area contributed by atoms with Crippen molar-refractivity contribution in [3.05, 3.63) is 40.9 Å². The fourth-order valence-electron chi connectivity index (χ4n) is 1.43. The summed E-state index contributed by atoms with van der Waals surface area (Å²) in [6.45, 7) is 3.39. The number of aromatic hydroxyl groups is 1. The fraction of sp³-hybridized carbons (Fsp3) is 0.231. The largest absolute Gasteiger partial charge is 0.507 e. The van der Waals surface area contributed by atoms with E-state index in [0.717, 1.165) is 0 Å². The van der Waals surface area contributed by atoms with Crippen LogP contribution in [-0.4, -0.2) is 34.9 Å². The third kappa shape index (κ3) is 4.93. The van der Waals surface area contributed by atoms with Gasteiger partial charge >= 0.3 is 12.1 Å². The number of benzene rings is 1. The number of carboxylic acids is 1. The number of halogens is 1. The van der Waals surface area contributed by atoms with Gasteiger partial charge in [0, 0.05) is 6.42 Å². The Morgan fingerprint density at radius 3 is 2.75 bits per heavy atom. The quantitative estimate of drug-likeness (QED) is 0.687. The number of nitrogens with one attached hydrogen (secondary N) is 1. The Balaban J connectivity index is 2.71. The Hall–Kier alpha value is -2.02. The molecule has 3 N–H and O–H groups in total. The van der Waals surface area contributed by atoms with Gasteiger partial charge in [-0.1, -0.05) is 18.7 Å². The first-order chi connectivity index (χ1) is 9.43. The topological polar surface area (TPSA) is 95.9 Å². The fourth-order valence-corrected chi connectivity index (χ4v) is 1.86. The van der Waals surface area contributed by atoms with Gasteiger partial charge in [0.25, 0.3) is 0 Å². The summed E-state index contributed by atoms with van der Waals surface area (Å²) >= 11 is 3.14. The standard InChI is InChI=1S/C13H14BrNO5/c1-2-5-20-13(19)15-10(12(17)18)7-8-3-4-11(16)9(14)6-8/h2-4,6,10,16H,1,5,7H2,(H,15,19)(H,17,18)/t10-/m0/s1. The maximum atomic E-state index is 11.3. The van der Waals surface area contributed by atoms with Crippen molar-refractivity contribution in [2.45, 2.75) is 12.5 Å². The van der Waals surface area contributed by atoms with Crippen molar-refractivity contribution in [2.75, 3.05) is 6.61 Å². The van der Waals surface area contributed by atoms with E-state index in [0.29, 0.717) is 10.0 Å². The Morgan fingerprint density at radius 2 is 2.20 bits per heavy atom. The number of hydrogen-bond donors (Lipinski definition) is 3. The first kappa shape index (κ1) is 16.0. The van der Waals surface area contributed by atoms with Crippen molar-refractivity contribution in [1.82, 2.24) is 5.32 Å². The highest BCUT2D eigenvalue weighted by molar-refractivity contribution is 9.10. The van der Waals surface area contributed by atoms with Crippen LogP contribution in [0.15, 0.2) is 35.3 Å². The highest BCUT2D eigenvalue weighted by Gasteiger charge is 2.21. The molecule has 1 rings (SSSR count). The lowest BCUT2D eigenvalue weighted by Gasteiger charge is -2.14. The van der Waals surface area contributed by atoms with E-state index in [1.807, 2.05) is 0 Å². The van der Waals surface area contributed by atoms with Crippen LogP contribution in [0.3, 0.4) is 0 Å². The van der Waals surface area contributed by atoms with Gasteiger partial charge in [-0.05, 0) is 33.6 Å². The smallest absolute Gasteiger partial charge is 0.408 e. The van der Waals surface area contributed by atoms with Crippen LogP contribution in [0.4, 0.5) is 4.79 Å². The minimum absolute atomic E-state index is 0.00291. The maximum Gasteiger partial charge on any atom is 0.408 e. The molecule has 0 heterocycles. The Morgan fingerprint density at radius 1 is 1.50 bits per heavy atom. The number of amides is 1. The first-order valence-corrected chi connectivity index (χ1v) is 6.47. The summed E-state index contributed by atoms with van der Waals surface area (Å²) in [5.74, 6) is -1.12. The zero-order valence-corrected chi connectivity index (χ0v) is 12.1. The maximum absolute atomic E-state index is 11.3. The van der Waals surface area contributed by atoms with Crippen molar-refractivity contribution in [3.63, 3.8) is 0 Å². The van der Waals surface area contributed by atoms with Crippen LogP contribution in [0, 0.1) is 0 Å². The average Bonchev–Trinajstić information content (AvgIpc) is 2.39. The van der Waals surface area contributed by atoms with Gasteiger partial charge in [0.1, 0.15) is 18.4 Å². The molecule has 108 valence electrons. The molecule has 7 heteroatoms. The first-order valence-electron chi connectivity index (χ1n) is 5.68. The highest BCUT2D eigenvalue weighted by Crippen LogP contribution is 2.24. The highest BCUT2D eigenvalue weighted by atomic mass is 79.9. The lowest BCUT2D eigenvalue weighted by Crippen LogP contribution is -2.42. The van der Waals surface area contributed by atoms with Crippen LogP contribution in [0.2, 0.25) is 0 Å². The molecular formula is C13H14BrNO5. The molecule has 0 saturated carbocycles. The number of ether oxygens (including phenoxy) is 1. The molecular weight excluding hydrogens is 330 g/mol. The third-order valence-electron chi connectivity index (χ3n) is 2.37. The molecule has 0 aliphatic carbocycles. The van der Waals surface area contributed by atoms with Crippen LogP contribution in [-0.2, 0) is 16.0 Å². The van der Waals surface area contributed by atoms with E-state index in [4.69, 9.17) is 5.11 Å². The number of carbonyl (C=O) groups excluding carboxylic acids is 1. The molecule has 0 bridgehead atoms. The number of hydrogen-bond acceptors (Lipinski definition) is 4. The van der Waals surface area contributed by atoms with Crippen LogP contribution in [0.1, 0.15) is 5.56 Å². The van der Waals surface area contributed by atoms with Crippen LogP contribution >= 0.6 is 15.9 Å². The molecule has 0 radical (unpaired) electrons. The molecule has 20 heavy (non-hydrogen) atoms. The second-order valence-electron chi connectivity index (χ2n) is 3.91. The summed E-state index contributed by atoms with van der Waals surface area (Å²) in [5.41, 5.74) is 0.645. The molecule has 0 aliphatic rings. The van der Waals surface area contributed by atoms with Crippen LogP contribution in [0.25, 0.3) is 0 Å². The second kappa shape index (κ2) is 7.54. The Labute approximate surface area is 124 Å². The number of rotatable bonds is 6. The van der Waals surface area contributed by atoms with Gasteiger partial charge in [-0.2, -0.15) is 0 Å². The van der Waals surface area contributed by atoms with Gasteiger partial charge in [-0.3, -0.25) is 0 Å². The molecule has 0 fully saturated rings. The molecule has 0 aromatic heterocycles. The number of carboxylic acid groups (broad SMARTS) is 1. The van der Waals surface area contributed by atoms with E-state index in [1.54, 1.807) is 12.1 Å². The SMILES string of the molecule is C=CCOC(=O)N[C@@H](Cc1ccc(O)c(Br)c1)C(=O)O. The van der Waals surface area contributed by atoms with Gasteiger partial charge in [-0.25, -0.2) is 9.59 Å². The predicted octanol–water partition coefficient (Wildman–Crippen LogP) is 2.06. The average molecular weight is 344 g/mol. The van der Waals surface area contributed by atoms with Crippen molar-refractivity contribution in [2.24, 2.45) is 0 Å². The van der Waals surface area contributed by atoms with Gasteiger partial charge in [0.2, 0.25) is 0 Å². The molecule has 1 atom stereocenters. The van der Waals surface area contributed by atoms with E-state index in [-0.39, 0.29) is 18.8 Å². The Kier molecular flexibility index (Phi) is 6.05. The number of alkyl carbamates (subject to hydrolysis) is 1. The summed E-state index contributed by atoms with van der Waals surface area (Å²) in [6.07, 6.45) is 0.624. The van der Waals surface area contributed by atoms with Crippen LogP contribution in [0.5, 0.6) is 5.75 Å². The lowest BCUT2D eigenvalue weighted by molar-refractivity contribution is -0.139. The minimum Gasteiger partial charge on any atom is -0.507 e. The van der Waals surface area contributed by atoms with Crippen molar-refractivity contribution >= 4 is 28.0 Å². The van der Waals surface area contributed by atoms with Gasteiger partial charge in [-0.15, -0.1) is 0 Å². The van der Waals surface area contributed by atoms with E-state index in [2.05, 4.69) is 32.6 Å². The molecule has 1 aromatic carbocycles. The van der Waals surface area contributed by atoms with Crippen molar-refractivity contribution in [1.29, 1.82) is 0 Å². The van der Waals surface area contributed by atoms with E-state index in [9.17, 15) is 14.7 Å². The molecule has 0 unspecified atom stereocenters. The van der Waals surface area contributed by atoms with Gasteiger partial charge in [0.15, 0.2) is 0 Å². The molecule has 1 aromatic rings.